The largest absolute Gasteiger partial charge is 0.494 e. The van der Waals surface area contributed by atoms with Gasteiger partial charge in [0.2, 0.25) is 0 Å². The molecular formula is C20H29NO4S. The summed E-state index contributed by atoms with van der Waals surface area (Å²) in [7, 11) is 0. The first-order chi connectivity index (χ1) is 12.5. The number of benzene rings is 1. The van der Waals surface area contributed by atoms with E-state index in [0.717, 1.165) is 18.6 Å². The molecule has 0 bridgehead atoms. The highest BCUT2D eigenvalue weighted by atomic mass is 32.2. The average Bonchev–Trinajstić information content (AvgIpc) is 3.07. The lowest BCUT2D eigenvalue weighted by molar-refractivity contribution is -0.147. The van der Waals surface area contributed by atoms with Crippen LogP contribution >= 0.6 is 11.8 Å². The van der Waals surface area contributed by atoms with E-state index in [-0.39, 0.29) is 23.2 Å². The van der Waals surface area contributed by atoms with Crippen LogP contribution < -0.4 is 4.74 Å². The number of esters is 1. The second kappa shape index (κ2) is 9.86. The summed E-state index contributed by atoms with van der Waals surface area (Å²) in [4.78, 5) is 27.1. The van der Waals surface area contributed by atoms with Crippen molar-refractivity contribution in [2.45, 2.75) is 52.0 Å². The van der Waals surface area contributed by atoms with E-state index in [2.05, 4.69) is 20.8 Å². The molecule has 1 aliphatic heterocycles. The summed E-state index contributed by atoms with van der Waals surface area (Å²) in [5.74, 6) is 1.13. The van der Waals surface area contributed by atoms with Crippen molar-refractivity contribution in [3.8, 4) is 5.75 Å². The van der Waals surface area contributed by atoms with Crippen LogP contribution in [0.2, 0.25) is 0 Å². The van der Waals surface area contributed by atoms with Crippen molar-refractivity contribution < 1.29 is 19.1 Å². The van der Waals surface area contributed by atoms with E-state index in [0.29, 0.717) is 24.5 Å². The van der Waals surface area contributed by atoms with E-state index in [9.17, 15) is 9.59 Å². The maximum absolute atomic E-state index is 13.1. The van der Waals surface area contributed by atoms with Gasteiger partial charge in [-0.15, -0.1) is 11.8 Å². The highest BCUT2D eigenvalue weighted by molar-refractivity contribution is 8.00. The SMILES string of the molecule is CCCCOc1ccc(C(=O)N2C(C(=O)OCC)CSC2C(C)C)cc1. The van der Waals surface area contributed by atoms with Gasteiger partial charge in [0.05, 0.1) is 18.6 Å². The van der Waals surface area contributed by atoms with E-state index in [1.165, 1.54) is 0 Å². The van der Waals surface area contributed by atoms with Crippen LogP contribution in [0, 0.1) is 5.92 Å². The molecule has 26 heavy (non-hydrogen) atoms. The molecular weight excluding hydrogens is 350 g/mol. The van der Waals surface area contributed by atoms with E-state index in [1.54, 1.807) is 35.7 Å². The Bertz CT molecular complexity index is 602. The third-order valence-electron chi connectivity index (χ3n) is 4.27. The lowest BCUT2D eigenvalue weighted by Gasteiger charge is -2.30. The molecule has 0 aliphatic carbocycles. The minimum absolute atomic E-state index is 0.0302. The lowest BCUT2D eigenvalue weighted by atomic mass is 10.1. The number of hydrogen-bond acceptors (Lipinski definition) is 5. The summed E-state index contributed by atoms with van der Waals surface area (Å²) >= 11 is 1.64. The van der Waals surface area contributed by atoms with Gasteiger partial charge in [0, 0.05) is 11.3 Å². The van der Waals surface area contributed by atoms with Gasteiger partial charge in [-0.1, -0.05) is 27.2 Å². The smallest absolute Gasteiger partial charge is 0.329 e. The first kappa shape index (κ1) is 20.6. The number of hydrogen-bond donors (Lipinski definition) is 0. The molecule has 0 spiro atoms. The highest BCUT2D eigenvalue weighted by Crippen LogP contribution is 2.35. The Labute approximate surface area is 160 Å². The normalized spacial score (nSPS) is 19.7. The maximum atomic E-state index is 13.1. The number of thioether (sulfide) groups is 1. The van der Waals surface area contributed by atoms with Crippen LogP contribution in [0.1, 0.15) is 50.9 Å². The number of ether oxygens (including phenoxy) is 2. The predicted octanol–water partition coefficient (Wildman–Crippen LogP) is 3.97. The van der Waals surface area contributed by atoms with Crippen molar-refractivity contribution >= 4 is 23.6 Å². The molecule has 1 aromatic carbocycles. The van der Waals surface area contributed by atoms with Gasteiger partial charge in [-0.25, -0.2) is 4.79 Å². The van der Waals surface area contributed by atoms with Crippen LogP contribution in [-0.4, -0.2) is 47.2 Å². The Hall–Kier alpha value is -1.69. The van der Waals surface area contributed by atoms with Gasteiger partial charge in [0.25, 0.3) is 5.91 Å². The average molecular weight is 380 g/mol. The molecule has 6 heteroatoms. The third kappa shape index (κ3) is 4.93. The second-order valence-electron chi connectivity index (χ2n) is 6.67. The molecule has 2 unspecified atom stereocenters. The molecule has 1 amide bonds. The Morgan fingerprint density at radius 1 is 1.23 bits per heavy atom. The summed E-state index contributed by atoms with van der Waals surface area (Å²) < 4.78 is 10.8. The van der Waals surface area contributed by atoms with Crippen LogP contribution in [0.5, 0.6) is 5.75 Å². The molecule has 1 aromatic rings. The summed E-state index contributed by atoms with van der Waals surface area (Å²) in [6, 6.07) is 6.64. The standard InChI is InChI=1S/C20H29NO4S/c1-5-7-12-25-16-10-8-15(9-11-16)18(22)21-17(20(23)24-6-2)13-26-19(21)14(3)4/h8-11,14,17,19H,5-7,12-13H2,1-4H3. The van der Waals surface area contributed by atoms with Crippen LogP contribution in [0.4, 0.5) is 0 Å². The highest BCUT2D eigenvalue weighted by Gasteiger charge is 2.43. The van der Waals surface area contributed by atoms with Crippen LogP contribution in [0.3, 0.4) is 0 Å². The fraction of sp³-hybridized carbons (Fsp3) is 0.600. The molecule has 0 N–H and O–H groups in total. The molecule has 1 aliphatic rings. The van der Waals surface area contributed by atoms with Crippen molar-refractivity contribution in [3.63, 3.8) is 0 Å². The quantitative estimate of drug-likeness (QED) is 0.505. The fourth-order valence-electron chi connectivity index (χ4n) is 2.90. The Morgan fingerprint density at radius 2 is 1.92 bits per heavy atom. The molecule has 1 saturated heterocycles. The molecule has 2 atom stereocenters. The van der Waals surface area contributed by atoms with Crippen molar-refractivity contribution in [1.29, 1.82) is 0 Å². The van der Waals surface area contributed by atoms with Gasteiger partial charge in [-0.2, -0.15) is 0 Å². The van der Waals surface area contributed by atoms with Crippen LogP contribution in [-0.2, 0) is 9.53 Å². The number of amides is 1. The summed E-state index contributed by atoms with van der Waals surface area (Å²) in [5, 5.41) is -0.0302. The van der Waals surface area contributed by atoms with Crippen LogP contribution in [0.15, 0.2) is 24.3 Å². The van der Waals surface area contributed by atoms with Gasteiger partial charge in [0.15, 0.2) is 0 Å². The van der Waals surface area contributed by atoms with E-state index >= 15 is 0 Å². The van der Waals surface area contributed by atoms with E-state index in [4.69, 9.17) is 9.47 Å². The zero-order chi connectivity index (χ0) is 19.1. The first-order valence-electron chi connectivity index (χ1n) is 9.33. The predicted molar refractivity (Wildman–Crippen MR) is 105 cm³/mol. The van der Waals surface area contributed by atoms with Crippen LogP contribution in [0.25, 0.3) is 0 Å². The maximum Gasteiger partial charge on any atom is 0.329 e. The van der Waals surface area contributed by atoms with Crippen molar-refractivity contribution in [2.24, 2.45) is 5.92 Å². The Kier molecular flexibility index (Phi) is 7.82. The number of nitrogens with zero attached hydrogens (tertiary/aromatic N) is 1. The van der Waals surface area contributed by atoms with Gasteiger partial charge >= 0.3 is 5.97 Å². The minimum Gasteiger partial charge on any atom is -0.494 e. The number of unbranched alkanes of at least 4 members (excludes halogenated alkanes) is 1. The summed E-state index contributed by atoms with van der Waals surface area (Å²) in [5.41, 5.74) is 0.565. The van der Waals surface area contributed by atoms with Gasteiger partial charge in [-0.05, 0) is 43.5 Å². The van der Waals surface area contributed by atoms with Crippen molar-refractivity contribution in [3.05, 3.63) is 29.8 Å². The fourth-order valence-corrected chi connectivity index (χ4v) is 4.36. The van der Waals surface area contributed by atoms with Crippen molar-refractivity contribution in [1.82, 2.24) is 4.90 Å². The minimum atomic E-state index is -0.527. The number of carbonyl (C=O) groups is 2. The van der Waals surface area contributed by atoms with Gasteiger partial charge < -0.3 is 14.4 Å². The lowest BCUT2D eigenvalue weighted by Crippen LogP contribution is -2.47. The number of rotatable bonds is 8. The topological polar surface area (TPSA) is 55.8 Å². The van der Waals surface area contributed by atoms with Gasteiger partial charge in [-0.3, -0.25) is 4.79 Å². The molecule has 0 saturated carbocycles. The molecule has 0 radical (unpaired) electrons. The molecule has 1 fully saturated rings. The summed E-state index contributed by atoms with van der Waals surface area (Å²) in [6.45, 7) is 9.02. The van der Waals surface area contributed by atoms with E-state index in [1.807, 2.05) is 12.1 Å². The number of carbonyl (C=O) groups excluding carboxylic acids is 2. The summed E-state index contributed by atoms with van der Waals surface area (Å²) in [6.07, 6.45) is 2.08. The molecule has 1 heterocycles. The molecule has 2 rings (SSSR count). The zero-order valence-electron chi connectivity index (χ0n) is 16.1. The Morgan fingerprint density at radius 3 is 2.50 bits per heavy atom. The molecule has 0 aromatic heterocycles. The second-order valence-corrected chi connectivity index (χ2v) is 7.82. The van der Waals surface area contributed by atoms with Gasteiger partial charge in [0.1, 0.15) is 11.8 Å². The Balaban J connectivity index is 2.16. The third-order valence-corrected chi connectivity index (χ3v) is 5.89. The monoisotopic (exact) mass is 379 g/mol. The molecule has 5 nitrogen and oxygen atoms in total. The first-order valence-corrected chi connectivity index (χ1v) is 10.4. The van der Waals surface area contributed by atoms with Crippen molar-refractivity contribution in [2.75, 3.05) is 19.0 Å². The van der Waals surface area contributed by atoms with E-state index < -0.39 is 6.04 Å². The molecule has 144 valence electrons. The zero-order valence-corrected chi connectivity index (χ0v) is 16.9.